The van der Waals surface area contributed by atoms with E-state index in [9.17, 15) is 0 Å². The number of nitrogens with zero attached hydrogens (tertiary/aromatic N) is 1. The highest BCUT2D eigenvalue weighted by Crippen LogP contribution is 2.18. The Morgan fingerprint density at radius 2 is 2.00 bits per heavy atom. The minimum absolute atomic E-state index is 0.0714. The first-order chi connectivity index (χ1) is 7.86. The summed E-state index contributed by atoms with van der Waals surface area (Å²) in [4.78, 5) is 0. The van der Waals surface area contributed by atoms with Crippen molar-refractivity contribution in [2.24, 2.45) is 0 Å². The van der Waals surface area contributed by atoms with Crippen molar-refractivity contribution in [2.75, 3.05) is 11.5 Å². The summed E-state index contributed by atoms with van der Waals surface area (Å²) in [6, 6.07) is 3.07. The van der Waals surface area contributed by atoms with Crippen LogP contribution in [-0.4, -0.2) is 23.6 Å². The van der Waals surface area contributed by atoms with Crippen molar-refractivity contribution in [3.63, 3.8) is 0 Å². The molecule has 1 aliphatic rings. The fourth-order valence-corrected chi connectivity index (χ4v) is 2.95. The van der Waals surface area contributed by atoms with Gasteiger partial charge in [-0.25, -0.2) is 0 Å². The lowest BCUT2D eigenvalue weighted by molar-refractivity contribution is 0.426. The van der Waals surface area contributed by atoms with Crippen LogP contribution in [0.5, 0.6) is 0 Å². The van der Waals surface area contributed by atoms with Crippen LogP contribution in [0.2, 0.25) is 0 Å². The molecule has 1 atom stereocenters. The molecule has 1 unspecified atom stereocenters. The van der Waals surface area contributed by atoms with E-state index < -0.39 is 0 Å². The molecular weight excluding hydrogens is 216 g/mol. The average Bonchev–Trinajstić information content (AvgIpc) is 2.56. The Kier molecular flexibility index (Phi) is 7.71. The van der Waals surface area contributed by atoms with Crippen molar-refractivity contribution in [1.29, 1.82) is 5.26 Å². The van der Waals surface area contributed by atoms with E-state index in [4.69, 9.17) is 5.26 Å². The zero-order valence-corrected chi connectivity index (χ0v) is 11.2. The van der Waals surface area contributed by atoms with Crippen LogP contribution >= 0.6 is 11.8 Å². The van der Waals surface area contributed by atoms with E-state index in [0.717, 1.165) is 17.9 Å². The number of nitriles is 1. The van der Waals surface area contributed by atoms with Gasteiger partial charge in [-0.05, 0) is 30.8 Å². The second kappa shape index (κ2) is 8.90. The van der Waals surface area contributed by atoms with E-state index >= 15 is 0 Å². The highest BCUT2D eigenvalue weighted by Gasteiger charge is 2.16. The molecule has 0 spiro atoms. The van der Waals surface area contributed by atoms with E-state index in [0.29, 0.717) is 6.04 Å². The lowest BCUT2D eigenvalue weighted by atomic mass is 10.1. The molecule has 0 bridgehead atoms. The topological polar surface area (TPSA) is 35.8 Å². The number of thioether (sulfide) groups is 1. The number of hydrogen-bond acceptors (Lipinski definition) is 3. The maximum atomic E-state index is 9.10. The van der Waals surface area contributed by atoms with E-state index in [-0.39, 0.29) is 6.04 Å². The Morgan fingerprint density at radius 1 is 1.31 bits per heavy atom. The molecule has 16 heavy (non-hydrogen) atoms. The monoisotopic (exact) mass is 240 g/mol. The summed E-state index contributed by atoms with van der Waals surface area (Å²) in [5.41, 5.74) is 0. The molecule has 0 heterocycles. The van der Waals surface area contributed by atoms with Crippen molar-refractivity contribution in [3.05, 3.63) is 0 Å². The summed E-state index contributed by atoms with van der Waals surface area (Å²) in [6.07, 6.45) is 8.94. The van der Waals surface area contributed by atoms with Crippen LogP contribution in [0.4, 0.5) is 0 Å². The molecule has 0 aromatic rings. The van der Waals surface area contributed by atoms with Gasteiger partial charge in [0.2, 0.25) is 0 Å². The number of nitrogens with one attached hydrogen (secondary N) is 1. The first kappa shape index (κ1) is 13.9. The first-order valence-electron chi connectivity index (χ1n) is 6.60. The Bertz CT molecular complexity index is 204. The van der Waals surface area contributed by atoms with Crippen LogP contribution in [0.1, 0.15) is 51.9 Å². The molecule has 0 amide bonds. The molecule has 0 aromatic carbocycles. The Hall–Kier alpha value is -0.200. The smallest absolute Gasteiger partial charge is 0.0963 e. The van der Waals surface area contributed by atoms with E-state index in [1.807, 2.05) is 11.8 Å². The largest absolute Gasteiger partial charge is 0.299 e. The standard InChI is InChI=1S/C13H24N2S/c1-2-16-10-9-13(11-14)15-12-7-5-3-4-6-8-12/h12-13,15H,2-10H2,1H3. The fraction of sp³-hybridized carbons (Fsp3) is 0.923. The molecule has 0 saturated heterocycles. The van der Waals surface area contributed by atoms with Crippen molar-refractivity contribution in [2.45, 2.75) is 64.0 Å². The molecule has 0 radical (unpaired) electrons. The highest BCUT2D eigenvalue weighted by molar-refractivity contribution is 7.99. The zero-order valence-electron chi connectivity index (χ0n) is 10.4. The number of rotatable bonds is 6. The summed E-state index contributed by atoms with van der Waals surface area (Å²) in [5.74, 6) is 2.26. The van der Waals surface area contributed by atoms with Gasteiger partial charge >= 0.3 is 0 Å². The molecule has 1 rings (SSSR count). The summed E-state index contributed by atoms with van der Waals surface area (Å²) in [7, 11) is 0. The Morgan fingerprint density at radius 3 is 2.56 bits per heavy atom. The molecule has 1 aliphatic carbocycles. The van der Waals surface area contributed by atoms with Gasteiger partial charge in [0, 0.05) is 6.04 Å². The van der Waals surface area contributed by atoms with Crippen molar-refractivity contribution < 1.29 is 0 Å². The van der Waals surface area contributed by atoms with Gasteiger partial charge in [-0.1, -0.05) is 32.6 Å². The van der Waals surface area contributed by atoms with Crippen LogP contribution in [0.25, 0.3) is 0 Å². The molecule has 2 nitrogen and oxygen atoms in total. The highest BCUT2D eigenvalue weighted by atomic mass is 32.2. The molecule has 1 saturated carbocycles. The third kappa shape index (κ3) is 5.77. The minimum atomic E-state index is 0.0714. The van der Waals surface area contributed by atoms with Gasteiger partial charge in [-0.3, -0.25) is 5.32 Å². The van der Waals surface area contributed by atoms with E-state index in [1.165, 1.54) is 38.5 Å². The molecule has 0 aromatic heterocycles. The summed E-state index contributed by atoms with van der Waals surface area (Å²) in [6.45, 7) is 2.17. The van der Waals surface area contributed by atoms with E-state index in [1.54, 1.807) is 0 Å². The van der Waals surface area contributed by atoms with Crippen molar-refractivity contribution in [3.8, 4) is 6.07 Å². The Balaban J connectivity index is 2.22. The molecule has 3 heteroatoms. The minimum Gasteiger partial charge on any atom is -0.299 e. The van der Waals surface area contributed by atoms with Gasteiger partial charge in [-0.2, -0.15) is 17.0 Å². The molecule has 1 fully saturated rings. The summed E-state index contributed by atoms with van der Waals surface area (Å²) >= 11 is 1.93. The van der Waals surface area contributed by atoms with Gasteiger partial charge in [-0.15, -0.1) is 0 Å². The number of hydrogen-bond donors (Lipinski definition) is 1. The molecular formula is C13H24N2S. The van der Waals surface area contributed by atoms with Gasteiger partial charge in [0.25, 0.3) is 0 Å². The quantitative estimate of drug-likeness (QED) is 0.571. The fourth-order valence-electron chi connectivity index (χ4n) is 2.26. The maximum absolute atomic E-state index is 9.10. The predicted molar refractivity (Wildman–Crippen MR) is 71.6 cm³/mol. The third-order valence-corrected chi connectivity index (χ3v) is 4.14. The lowest BCUT2D eigenvalue weighted by Crippen LogP contribution is -2.37. The van der Waals surface area contributed by atoms with Gasteiger partial charge in [0.15, 0.2) is 0 Å². The van der Waals surface area contributed by atoms with Gasteiger partial charge in [0.05, 0.1) is 12.1 Å². The van der Waals surface area contributed by atoms with Crippen molar-refractivity contribution >= 4 is 11.8 Å². The SMILES string of the molecule is CCSCCC(C#N)NC1CCCCCC1. The lowest BCUT2D eigenvalue weighted by Gasteiger charge is -2.20. The predicted octanol–water partition coefficient (Wildman–Crippen LogP) is 3.33. The second-order valence-corrected chi connectivity index (χ2v) is 5.92. The molecule has 1 N–H and O–H groups in total. The van der Waals surface area contributed by atoms with Crippen molar-refractivity contribution in [1.82, 2.24) is 5.32 Å². The second-order valence-electron chi connectivity index (χ2n) is 4.52. The maximum Gasteiger partial charge on any atom is 0.0963 e. The van der Waals surface area contributed by atoms with E-state index in [2.05, 4.69) is 18.3 Å². The zero-order chi connectivity index (χ0) is 11.6. The molecule has 0 aliphatic heterocycles. The van der Waals surface area contributed by atoms with Gasteiger partial charge in [0.1, 0.15) is 0 Å². The Labute approximate surface area is 104 Å². The summed E-state index contributed by atoms with van der Waals surface area (Å²) < 4.78 is 0. The average molecular weight is 240 g/mol. The summed E-state index contributed by atoms with van der Waals surface area (Å²) in [5, 5.41) is 12.6. The van der Waals surface area contributed by atoms with Crippen LogP contribution in [0.3, 0.4) is 0 Å². The normalized spacial score (nSPS) is 20.0. The van der Waals surface area contributed by atoms with Crippen LogP contribution in [-0.2, 0) is 0 Å². The third-order valence-electron chi connectivity index (χ3n) is 3.20. The van der Waals surface area contributed by atoms with Crippen LogP contribution in [0.15, 0.2) is 0 Å². The molecule has 92 valence electrons. The first-order valence-corrected chi connectivity index (χ1v) is 7.75. The van der Waals surface area contributed by atoms with Crippen LogP contribution in [0, 0.1) is 11.3 Å². The van der Waals surface area contributed by atoms with Crippen LogP contribution < -0.4 is 5.32 Å². The van der Waals surface area contributed by atoms with Gasteiger partial charge < -0.3 is 0 Å².